The molecule has 1 amide bonds. The van der Waals surface area contributed by atoms with Crippen molar-refractivity contribution < 1.29 is 19.1 Å². The Morgan fingerprint density at radius 2 is 1.88 bits per heavy atom. The highest BCUT2D eigenvalue weighted by atomic mass is 16.5. The predicted octanol–water partition coefficient (Wildman–Crippen LogP) is 3.84. The first-order chi connectivity index (χ1) is 12.5. The Morgan fingerprint density at radius 1 is 1.15 bits per heavy atom. The number of benzene rings is 2. The second kappa shape index (κ2) is 9.42. The molecule has 0 aliphatic carbocycles. The number of anilines is 1. The van der Waals surface area contributed by atoms with Gasteiger partial charge in [0.05, 0.1) is 7.11 Å². The van der Waals surface area contributed by atoms with Crippen molar-refractivity contribution in [3.8, 4) is 5.75 Å². The van der Waals surface area contributed by atoms with Gasteiger partial charge in [0.1, 0.15) is 5.75 Å². The van der Waals surface area contributed by atoms with Crippen molar-refractivity contribution in [1.29, 1.82) is 0 Å². The van der Waals surface area contributed by atoms with E-state index in [2.05, 4.69) is 12.2 Å². The fraction of sp³-hybridized carbons (Fsp3) is 0.238. The van der Waals surface area contributed by atoms with Crippen molar-refractivity contribution in [2.75, 3.05) is 12.4 Å². The summed E-state index contributed by atoms with van der Waals surface area (Å²) >= 11 is 0. The van der Waals surface area contributed by atoms with Gasteiger partial charge in [-0.2, -0.15) is 0 Å². The summed E-state index contributed by atoms with van der Waals surface area (Å²) in [6, 6.07) is 14.8. The maximum Gasteiger partial charge on any atom is 0.331 e. The van der Waals surface area contributed by atoms with Gasteiger partial charge in [0, 0.05) is 11.8 Å². The van der Waals surface area contributed by atoms with E-state index >= 15 is 0 Å². The molecule has 0 saturated heterocycles. The Morgan fingerprint density at radius 3 is 2.54 bits per heavy atom. The molecule has 2 aromatic carbocycles. The number of ether oxygens (including phenoxy) is 2. The predicted molar refractivity (Wildman–Crippen MR) is 102 cm³/mol. The first-order valence-electron chi connectivity index (χ1n) is 8.44. The highest BCUT2D eigenvalue weighted by molar-refractivity contribution is 5.96. The van der Waals surface area contributed by atoms with Crippen molar-refractivity contribution in [1.82, 2.24) is 0 Å². The summed E-state index contributed by atoms with van der Waals surface area (Å²) in [6.07, 6.45) is 2.93. The smallest absolute Gasteiger partial charge is 0.331 e. The SMILES string of the molecule is CCc1ccc(NC(=O)[C@@H](C)OC(=O)/C=C/c2cccc(OC)c2)cc1. The fourth-order valence-electron chi connectivity index (χ4n) is 2.24. The van der Waals surface area contributed by atoms with Crippen LogP contribution in [0.15, 0.2) is 54.6 Å². The van der Waals surface area contributed by atoms with Gasteiger partial charge in [-0.1, -0.05) is 31.2 Å². The summed E-state index contributed by atoms with van der Waals surface area (Å²) in [4.78, 5) is 24.0. The lowest BCUT2D eigenvalue weighted by Gasteiger charge is -2.12. The molecule has 2 rings (SSSR count). The Balaban J connectivity index is 1.88. The normalized spacial score (nSPS) is 11.8. The molecule has 0 heterocycles. The van der Waals surface area contributed by atoms with E-state index in [0.717, 1.165) is 12.0 Å². The van der Waals surface area contributed by atoms with Gasteiger partial charge in [0.25, 0.3) is 5.91 Å². The van der Waals surface area contributed by atoms with Gasteiger partial charge in [-0.05, 0) is 54.8 Å². The Bertz CT molecular complexity index is 781. The van der Waals surface area contributed by atoms with Gasteiger partial charge >= 0.3 is 5.97 Å². The Kier molecular flexibility index (Phi) is 6.97. The van der Waals surface area contributed by atoms with E-state index in [1.807, 2.05) is 42.5 Å². The van der Waals surface area contributed by atoms with E-state index in [4.69, 9.17) is 9.47 Å². The molecule has 0 aliphatic rings. The van der Waals surface area contributed by atoms with Crippen molar-refractivity contribution in [3.05, 3.63) is 65.7 Å². The average Bonchev–Trinajstić information content (AvgIpc) is 2.67. The summed E-state index contributed by atoms with van der Waals surface area (Å²) in [7, 11) is 1.58. The van der Waals surface area contributed by atoms with Gasteiger partial charge in [0.15, 0.2) is 6.10 Å². The quantitative estimate of drug-likeness (QED) is 0.607. The van der Waals surface area contributed by atoms with Crippen LogP contribution in [0.25, 0.3) is 6.08 Å². The van der Waals surface area contributed by atoms with Gasteiger partial charge < -0.3 is 14.8 Å². The van der Waals surface area contributed by atoms with E-state index in [1.54, 1.807) is 19.3 Å². The molecule has 5 nitrogen and oxygen atoms in total. The van der Waals surface area contributed by atoms with E-state index < -0.39 is 12.1 Å². The molecule has 5 heteroatoms. The highest BCUT2D eigenvalue weighted by Crippen LogP contribution is 2.14. The van der Waals surface area contributed by atoms with Crippen molar-refractivity contribution in [2.24, 2.45) is 0 Å². The Hall–Kier alpha value is -3.08. The van der Waals surface area contributed by atoms with Crippen molar-refractivity contribution in [3.63, 3.8) is 0 Å². The van der Waals surface area contributed by atoms with E-state index in [1.165, 1.54) is 18.6 Å². The van der Waals surface area contributed by atoms with Crippen LogP contribution < -0.4 is 10.1 Å². The lowest BCUT2D eigenvalue weighted by Crippen LogP contribution is -2.29. The molecule has 0 aromatic heterocycles. The number of hydrogen-bond acceptors (Lipinski definition) is 4. The number of hydrogen-bond donors (Lipinski definition) is 1. The van der Waals surface area contributed by atoms with Crippen LogP contribution in [0.4, 0.5) is 5.69 Å². The van der Waals surface area contributed by atoms with Crippen LogP contribution in [0, 0.1) is 0 Å². The second-order valence-electron chi connectivity index (χ2n) is 5.73. The number of carbonyl (C=O) groups is 2. The molecule has 0 aliphatic heterocycles. The fourth-order valence-corrected chi connectivity index (χ4v) is 2.24. The molecule has 0 saturated carbocycles. The van der Waals surface area contributed by atoms with Crippen LogP contribution >= 0.6 is 0 Å². The molecule has 1 atom stereocenters. The second-order valence-corrected chi connectivity index (χ2v) is 5.73. The number of rotatable bonds is 7. The average molecular weight is 353 g/mol. The molecule has 0 fully saturated rings. The molecule has 26 heavy (non-hydrogen) atoms. The van der Waals surface area contributed by atoms with Gasteiger partial charge in [-0.25, -0.2) is 4.79 Å². The maximum atomic E-state index is 12.1. The van der Waals surface area contributed by atoms with Gasteiger partial charge in [-0.15, -0.1) is 0 Å². The molecular weight excluding hydrogens is 330 g/mol. The van der Waals surface area contributed by atoms with Gasteiger partial charge in [-0.3, -0.25) is 4.79 Å². The van der Waals surface area contributed by atoms with Crippen molar-refractivity contribution >= 4 is 23.6 Å². The summed E-state index contributed by atoms with van der Waals surface area (Å²) in [5.74, 6) is -0.267. The monoisotopic (exact) mass is 353 g/mol. The number of nitrogens with one attached hydrogen (secondary N) is 1. The summed E-state index contributed by atoms with van der Waals surface area (Å²) in [6.45, 7) is 3.60. The molecule has 0 bridgehead atoms. The lowest BCUT2D eigenvalue weighted by atomic mass is 10.1. The highest BCUT2D eigenvalue weighted by Gasteiger charge is 2.16. The first-order valence-corrected chi connectivity index (χ1v) is 8.44. The first kappa shape index (κ1) is 19.2. The Labute approximate surface area is 153 Å². The topological polar surface area (TPSA) is 64.6 Å². The zero-order valence-electron chi connectivity index (χ0n) is 15.2. The third kappa shape index (κ3) is 5.77. The lowest BCUT2D eigenvalue weighted by molar-refractivity contribution is -0.148. The zero-order chi connectivity index (χ0) is 18.9. The molecule has 0 unspecified atom stereocenters. The molecule has 0 radical (unpaired) electrons. The zero-order valence-corrected chi connectivity index (χ0v) is 15.2. The third-order valence-corrected chi connectivity index (χ3v) is 3.80. The number of esters is 1. The molecular formula is C21H23NO4. The number of amides is 1. The van der Waals surface area contributed by atoms with Crippen LogP contribution in [-0.4, -0.2) is 25.1 Å². The van der Waals surface area contributed by atoms with E-state index in [-0.39, 0.29) is 5.91 Å². The summed E-state index contributed by atoms with van der Waals surface area (Å²) in [5, 5.41) is 2.73. The van der Waals surface area contributed by atoms with Crippen molar-refractivity contribution in [2.45, 2.75) is 26.4 Å². The molecule has 136 valence electrons. The minimum absolute atomic E-state index is 0.377. The van der Waals surface area contributed by atoms with Crippen LogP contribution in [0.1, 0.15) is 25.0 Å². The molecule has 1 N–H and O–H groups in total. The minimum atomic E-state index is -0.900. The molecule has 0 spiro atoms. The molecule has 2 aromatic rings. The van der Waals surface area contributed by atoms with Gasteiger partial charge in [0.2, 0.25) is 0 Å². The summed E-state index contributed by atoms with van der Waals surface area (Å²) in [5.41, 5.74) is 2.65. The van der Waals surface area contributed by atoms with E-state index in [9.17, 15) is 9.59 Å². The van der Waals surface area contributed by atoms with Crippen LogP contribution in [-0.2, 0) is 20.7 Å². The minimum Gasteiger partial charge on any atom is -0.497 e. The number of methoxy groups -OCH3 is 1. The van der Waals surface area contributed by atoms with E-state index in [0.29, 0.717) is 11.4 Å². The summed E-state index contributed by atoms with van der Waals surface area (Å²) < 4.78 is 10.3. The van der Waals surface area contributed by atoms with Crippen LogP contribution in [0.3, 0.4) is 0 Å². The third-order valence-electron chi connectivity index (χ3n) is 3.80. The largest absolute Gasteiger partial charge is 0.497 e. The maximum absolute atomic E-state index is 12.1. The van der Waals surface area contributed by atoms with Crippen LogP contribution in [0.2, 0.25) is 0 Å². The van der Waals surface area contributed by atoms with Crippen LogP contribution in [0.5, 0.6) is 5.75 Å². The standard InChI is InChI=1S/C21H23NO4/c1-4-16-8-11-18(12-9-16)22-21(24)15(2)26-20(23)13-10-17-6-5-7-19(14-17)25-3/h5-15H,4H2,1-3H3,(H,22,24)/b13-10+/t15-/m1/s1. The number of aryl methyl sites for hydroxylation is 1. The number of carbonyl (C=O) groups excluding carboxylic acids is 2.